The first kappa shape index (κ1) is 24.2. The first-order valence-electron chi connectivity index (χ1n) is 6.21. The van der Waals surface area contributed by atoms with Gasteiger partial charge in [0.25, 0.3) is 5.60 Å². The average molecular weight is 448 g/mol. The molecule has 162 valence electrons. The summed E-state index contributed by atoms with van der Waals surface area (Å²) < 4.78 is 192. The summed E-state index contributed by atoms with van der Waals surface area (Å²) >= 11 is 0. The molecular weight excluding hydrogens is 445 g/mol. The molecule has 0 heterocycles. The molecule has 28 heavy (non-hydrogen) atoms. The summed E-state index contributed by atoms with van der Waals surface area (Å²) in [5, 5.41) is 9.01. The van der Waals surface area contributed by atoms with E-state index in [1.54, 1.807) is 0 Å². The zero-order valence-corrected chi connectivity index (χ0v) is 12.3. The van der Waals surface area contributed by atoms with Crippen molar-refractivity contribution in [1.82, 2.24) is 0 Å². The number of aliphatic hydroxyl groups is 1. The van der Waals surface area contributed by atoms with Crippen molar-refractivity contribution >= 4 is 0 Å². The molecule has 0 spiro atoms. The van der Waals surface area contributed by atoms with Crippen LogP contribution in [0.2, 0.25) is 0 Å². The molecule has 0 atom stereocenters. The van der Waals surface area contributed by atoms with Gasteiger partial charge in [0.05, 0.1) is 16.7 Å². The van der Waals surface area contributed by atoms with E-state index < -0.39 is 70.9 Å². The van der Waals surface area contributed by atoms with E-state index in [1.165, 1.54) is 0 Å². The van der Waals surface area contributed by atoms with E-state index in [2.05, 4.69) is 0 Å². The van der Waals surface area contributed by atoms with E-state index in [9.17, 15) is 65.9 Å². The normalized spacial score (nSPS) is 15.1. The van der Waals surface area contributed by atoms with Gasteiger partial charge in [-0.2, -0.15) is 65.9 Å². The number of benzene rings is 1. The van der Waals surface area contributed by atoms with Crippen LogP contribution in [0, 0.1) is 0 Å². The van der Waals surface area contributed by atoms with Gasteiger partial charge in [-0.15, -0.1) is 0 Å². The van der Waals surface area contributed by atoms with Crippen LogP contribution in [0.25, 0.3) is 0 Å². The van der Waals surface area contributed by atoms with Gasteiger partial charge in [-0.25, -0.2) is 0 Å². The van der Waals surface area contributed by atoms with E-state index in [4.69, 9.17) is 5.11 Å². The molecule has 0 fully saturated rings. The van der Waals surface area contributed by atoms with E-state index in [0.29, 0.717) is 0 Å². The lowest BCUT2D eigenvalue weighted by atomic mass is 9.82. The standard InChI is InChI=1S/C12H3F15O/c13-8(14,15)3-1-4(9(16,17)18)6(5(2-3)10(19,20)21)7(28,11(22,23)24)12(25,26)27/h1-2,28H. The van der Waals surface area contributed by atoms with Crippen molar-refractivity contribution in [1.29, 1.82) is 0 Å². The summed E-state index contributed by atoms with van der Waals surface area (Å²) in [5.74, 6) is 0. The van der Waals surface area contributed by atoms with Crippen molar-refractivity contribution in [3.05, 3.63) is 34.4 Å². The highest BCUT2D eigenvalue weighted by molar-refractivity contribution is 5.48. The Morgan fingerprint density at radius 3 is 0.964 bits per heavy atom. The van der Waals surface area contributed by atoms with Crippen LogP contribution in [0.5, 0.6) is 0 Å². The molecule has 0 saturated heterocycles. The third kappa shape index (κ3) is 4.10. The van der Waals surface area contributed by atoms with Crippen LogP contribution < -0.4 is 0 Å². The predicted molar refractivity (Wildman–Crippen MR) is 57.5 cm³/mol. The Morgan fingerprint density at radius 2 is 0.786 bits per heavy atom. The summed E-state index contributed by atoms with van der Waals surface area (Å²) in [6.45, 7) is 0. The highest BCUT2D eigenvalue weighted by atomic mass is 19.4. The van der Waals surface area contributed by atoms with Gasteiger partial charge in [0.1, 0.15) is 0 Å². The Balaban J connectivity index is 4.34. The largest absolute Gasteiger partial charge is 0.430 e. The summed E-state index contributed by atoms with van der Waals surface area (Å²) in [4.78, 5) is 0. The first-order valence-corrected chi connectivity index (χ1v) is 6.21. The topological polar surface area (TPSA) is 20.2 Å². The van der Waals surface area contributed by atoms with Gasteiger partial charge in [-0.1, -0.05) is 0 Å². The lowest BCUT2D eigenvalue weighted by Crippen LogP contribution is -2.55. The Bertz CT molecular complexity index is 679. The summed E-state index contributed by atoms with van der Waals surface area (Å²) in [7, 11) is 0. The van der Waals surface area contributed by atoms with E-state index in [1.807, 2.05) is 0 Å². The molecule has 1 rings (SSSR count). The van der Waals surface area contributed by atoms with E-state index in [0.717, 1.165) is 0 Å². The maximum absolute atomic E-state index is 12.9. The molecule has 0 bridgehead atoms. The van der Waals surface area contributed by atoms with Crippen molar-refractivity contribution in [2.75, 3.05) is 0 Å². The Morgan fingerprint density at radius 1 is 0.500 bits per heavy atom. The van der Waals surface area contributed by atoms with Crippen LogP contribution in [0.1, 0.15) is 22.3 Å². The zero-order valence-electron chi connectivity index (χ0n) is 12.3. The van der Waals surface area contributed by atoms with Crippen LogP contribution in [0.4, 0.5) is 65.9 Å². The number of alkyl halides is 15. The smallest absolute Gasteiger partial charge is 0.369 e. The molecule has 1 nitrogen and oxygen atoms in total. The first-order chi connectivity index (χ1) is 12.0. The Hall–Kier alpha value is -1.87. The minimum Gasteiger partial charge on any atom is -0.369 e. The molecule has 1 aromatic carbocycles. The second-order valence-electron chi connectivity index (χ2n) is 5.15. The van der Waals surface area contributed by atoms with Crippen LogP contribution in [-0.2, 0) is 24.1 Å². The summed E-state index contributed by atoms with van der Waals surface area (Å²) in [5.41, 5.74) is -20.7. The van der Waals surface area contributed by atoms with Crippen LogP contribution in [0.3, 0.4) is 0 Å². The van der Waals surface area contributed by atoms with Crippen molar-refractivity contribution in [2.45, 2.75) is 36.5 Å². The van der Waals surface area contributed by atoms with Crippen LogP contribution in [0.15, 0.2) is 12.1 Å². The third-order valence-electron chi connectivity index (χ3n) is 3.26. The molecule has 0 aliphatic rings. The van der Waals surface area contributed by atoms with Crippen LogP contribution in [-0.4, -0.2) is 17.5 Å². The van der Waals surface area contributed by atoms with Gasteiger partial charge < -0.3 is 5.11 Å². The van der Waals surface area contributed by atoms with Crippen LogP contribution >= 0.6 is 0 Å². The van der Waals surface area contributed by atoms with Gasteiger partial charge >= 0.3 is 30.9 Å². The highest BCUT2D eigenvalue weighted by Crippen LogP contribution is 2.56. The highest BCUT2D eigenvalue weighted by Gasteiger charge is 2.74. The molecule has 0 unspecified atom stereocenters. The number of hydrogen-bond acceptors (Lipinski definition) is 1. The fourth-order valence-electron chi connectivity index (χ4n) is 2.09. The van der Waals surface area contributed by atoms with Crippen molar-refractivity contribution in [3.8, 4) is 0 Å². The predicted octanol–water partition coefficient (Wildman–Crippen LogP) is 6.06. The minimum atomic E-state index is -7.22. The SMILES string of the molecule is OC(c1c(C(F)(F)F)cc(C(F)(F)F)cc1C(F)(F)F)(C(F)(F)F)C(F)(F)F. The van der Waals surface area contributed by atoms with Crippen molar-refractivity contribution in [3.63, 3.8) is 0 Å². The lowest BCUT2D eigenvalue weighted by molar-refractivity contribution is -0.378. The number of hydrogen-bond donors (Lipinski definition) is 1. The maximum atomic E-state index is 12.9. The average Bonchev–Trinajstić information content (AvgIpc) is 2.39. The lowest BCUT2D eigenvalue weighted by Gasteiger charge is -2.36. The summed E-state index contributed by atoms with van der Waals surface area (Å²) in [6, 6.07) is -2.76. The van der Waals surface area contributed by atoms with Gasteiger partial charge in [-0.05, 0) is 12.1 Å². The fourth-order valence-corrected chi connectivity index (χ4v) is 2.09. The molecule has 1 N–H and O–H groups in total. The molecule has 0 amide bonds. The second kappa shape index (κ2) is 6.32. The molecule has 0 aromatic heterocycles. The zero-order chi connectivity index (χ0) is 22.7. The molecular formula is C12H3F15O. The summed E-state index contributed by atoms with van der Waals surface area (Å²) in [6.07, 6.45) is -33.6. The van der Waals surface area contributed by atoms with Crippen molar-refractivity contribution < 1.29 is 71.0 Å². The number of rotatable bonds is 1. The minimum absolute atomic E-state index is 1.38. The monoisotopic (exact) mass is 448 g/mol. The van der Waals surface area contributed by atoms with Gasteiger partial charge in [0.15, 0.2) is 0 Å². The van der Waals surface area contributed by atoms with E-state index >= 15 is 0 Å². The Labute approximate surface area is 143 Å². The van der Waals surface area contributed by atoms with Gasteiger partial charge in [0.2, 0.25) is 0 Å². The fraction of sp³-hybridized carbons (Fsp3) is 0.500. The Kier molecular flexibility index (Phi) is 5.45. The molecule has 0 saturated carbocycles. The molecule has 16 heteroatoms. The quantitative estimate of drug-likeness (QED) is 0.519. The maximum Gasteiger partial charge on any atom is 0.430 e. The molecule has 0 aliphatic heterocycles. The molecule has 0 radical (unpaired) electrons. The molecule has 0 aliphatic carbocycles. The van der Waals surface area contributed by atoms with Crippen molar-refractivity contribution in [2.24, 2.45) is 0 Å². The molecule has 1 aromatic rings. The van der Waals surface area contributed by atoms with Gasteiger partial charge in [0, 0.05) is 5.56 Å². The van der Waals surface area contributed by atoms with Gasteiger partial charge in [-0.3, -0.25) is 0 Å². The number of halogens is 15. The van der Waals surface area contributed by atoms with E-state index in [-0.39, 0.29) is 0 Å². The second-order valence-corrected chi connectivity index (χ2v) is 5.15. The third-order valence-corrected chi connectivity index (χ3v) is 3.26.